The maximum Gasteiger partial charge on any atom is 0.146 e. The smallest absolute Gasteiger partial charge is 0.146 e. The first kappa shape index (κ1) is 59.2. The van der Waals surface area contributed by atoms with Crippen molar-refractivity contribution in [3.63, 3.8) is 0 Å². The molecule has 0 atom stereocenters. The Kier molecular flexibility index (Phi) is 21.6. The summed E-state index contributed by atoms with van der Waals surface area (Å²) in [6, 6.07) is 78.8. The summed E-state index contributed by atoms with van der Waals surface area (Å²) in [6.45, 7) is 3.31. The third kappa shape index (κ3) is 15.1. The highest BCUT2D eigenvalue weighted by Crippen LogP contribution is 2.47. The Bertz CT molecular complexity index is 3560. The van der Waals surface area contributed by atoms with Crippen LogP contribution in [-0.2, 0) is 28.4 Å². The van der Waals surface area contributed by atoms with E-state index >= 15 is 0 Å². The lowest BCUT2D eigenvalue weighted by molar-refractivity contribution is -0.0641. The fourth-order valence-corrected chi connectivity index (χ4v) is 14.9. The molecule has 0 aliphatic rings. The zero-order valence-corrected chi connectivity index (χ0v) is 49.8. The zero-order valence-electron chi connectivity index (χ0n) is 48.0. The van der Waals surface area contributed by atoms with Gasteiger partial charge in [-0.05, 0) is 152 Å². The number of methoxy groups -OCH3 is 4. The van der Waals surface area contributed by atoms with Crippen LogP contribution < -0.4 is 41.3 Å². The third-order valence-corrected chi connectivity index (χ3v) is 18.9. The summed E-state index contributed by atoms with van der Waals surface area (Å²) in [7, 11) is 4.90. The van der Waals surface area contributed by atoms with Crippen LogP contribution in [0.4, 0.5) is 0 Å². The van der Waals surface area contributed by atoms with Gasteiger partial charge in [0.25, 0.3) is 0 Å². The van der Waals surface area contributed by atoms with E-state index in [-0.39, 0.29) is 13.6 Å². The lowest BCUT2D eigenvalue weighted by atomic mass is 9.89. The molecule has 0 aliphatic heterocycles. The van der Waals surface area contributed by atoms with E-state index in [1.807, 2.05) is 0 Å². The summed E-state index contributed by atoms with van der Waals surface area (Å²) in [5.41, 5.74) is 7.97. The van der Waals surface area contributed by atoms with Gasteiger partial charge in [-0.1, -0.05) is 181 Å². The van der Waals surface area contributed by atoms with Gasteiger partial charge < -0.3 is 37.9 Å². The predicted octanol–water partition coefficient (Wildman–Crippen LogP) is 13.3. The van der Waals surface area contributed by atoms with Crippen molar-refractivity contribution in [2.24, 2.45) is 0 Å². The Labute approximate surface area is 497 Å². The highest BCUT2D eigenvalue weighted by atomic mass is 31.1. The molecule has 0 amide bonds. The average molecular weight is 1150 g/mol. The molecular weight excluding hydrogens is 1080 g/mol. The summed E-state index contributed by atoms with van der Waals surface area (Å²) >= 11 is 0. The normalized spacial score (nSPS) is 11.2. The molecular formula is C74H68O8P2. The first-order valence-electron chi connectivity index (χ1n) is 28.1. The molecule has 0 N–H and O–H groups in total. The standard InChI is InChI=1S/C74H68O8P2/c1-75-41-43-81-53-79-39-19-17-21-55-45-61(49-67(47-55)83(63-23-9-5-10-24-63)64-25-11-6-12-26-64)59-33-31-57-35-37-71(77-3)73(69(57)51-59)74-70-52-60(34-32-58(70)36-38-72(74)78-4)62-46-56(22-18-20-40-80-54-82-44-42-76-2)48-68(50-62)84(65-27-13-7-14-28-65)66-29-15-8-16-30-66/h5-16,23-38,45-52H,19-20,39-44,53-54H2,1-4H3. The molecule has 0 bridgehead atoms. The van der Waals surface area contributed by atoms with Gasteiger partial charge in [0.15, 0.2) is 0 Å². The Morgan fingerprint density at radius 3 is 1.04 bits per heavy atom. The molecule has 0 saturated heterocycles. The van der Waals surface area contributed by atoms with E-state index in [4.69, 9.17) is 37.9 Å². The maximum atomic E-state index is 6.38. The van der Waals surface area contributed by atoms with E-state index in [9.17, 15) is 0 Å². The van der Waals surface area contributed by atoms with Crippen LogP contribution in [0, 0.1) is 23.7 Å². The number of benzene rings is 10. The van der Waals surface area contributed by atoms with Crippen molar-refractivity contribution in [1.29, 1.82) is 0 Å². The van der Waals surface area contributed by atoms with E-state index < -0.39 is 15.8 Å². The van der Waals surface area contributed by atoms with E-state index in [1.54, 1.807) is 28.4 Å². The van der Waals surface area contributed by atoms with Gasteiger partial charge in [0.1, 0.15) is 25.1 Å². The third-order valence-electron chi connectivity index (χ3n) is 14.1. The van der Waals surface area contributed by atoms with Crippen LogP contribution in [-0.4, -0.2) is 81.7 Å². The van der Waals surface area contributed by atoms with Gasteiger partial charge >= 0.3 is 0 Å². The summed E-state index contributed by atoms with van der Waals surface area (Å²) in [4.78, 5) is 0. The molecule has 10 aromatic rings. The SMILES string of the molecule is COCCOCOCCC#Cc1cc(-c2ccc3ccc(OC)c(-c4c(OC)ccc5ccc(-c6cc(C#CCCOCOCCOC)cc(P(c7ccccc7)c7ccccc7)c6)cc45)c3c2)cc(P(c2ccccc2)c2ccccc2)c1. The molecule has 422 valence electrons. The molecule has 0 aliphatic carbocycles. The monoisotopic (exact) mass is 1150 g/mol. The maximum absolute atomic E-state index is 6.38. The first-order chi connectivity index (χ1) is 41.5. The fourth-order valence-electron chi connectivity index (χ4n) is 10.2. The van der Waals surface area contributed by atoms with Gasteiger partial charge in [-0.15, -0.1) is 0 Å². The molecule has 0 aromatic heterocycles. The van der Waals surface area contributed by atoms with Crippen molar-refractivity contribution < 1.29 is 37.9 Å². The second-order valence-corrected chi connectivity index (χ2v) is 24.1. The topological polar surface area (TPSA) is 73.8 Å². The Morgan fingerprint density at radius 1 is 0.321 bits per heavy atom. The summed E-state index contributed by atoms with van der Waals surface area (Å²) in [5.74, 6) is 15.3. The minimum absolute atomic E-state index is 0.199. The van der Waals surface area contributed by atoms with Gasteiger partial charge in [0.05, 0.1) is 53.9 Å². The second-order valence-electron chi connectivity index (χ2n) is 19.7. The van der Waals surface area contributed by atoms with Crippen LogP contribution in [0.3, 0.4) is 0 Å². The van der Waals surface area contributed by atoms with Crippen LogP contribution in [0.2, 0.25) is 0 Å². The minimum atomic E-state index is -0.950. The number of ether oxygens (including phenoxy) is 8. The number of hydrogen-bond donors (Lipinski definition) is 0. The summed E-state index contributed by atoms with van der Waals surface area (Å²) in [6.07, 6.45) is 1.11. The lowest BCUT2D eigenvalue weighted by Gasteiger charge is -2.21. The van der Waals surface area contributed by atoms with Gasteiger partial charge in [0.2, 0.25) is 0 Å². The molecule has 0 fully saturated rings. The molecule has 10 heteroatoms. The number of hydrogen-bond acceptors (Lipinski definition) is 8. The average Bonchev–Trinajstić information content (AvgIpc) is 1.39. The predicted molar refractivity (Wildman–Crippen MR) is 349 cm³/mol. The van der Waals surface area contributed by atoms with Crippen LogP contribution in [0.15, 0.2) is 218 Å². The second kappa shape index (κ2) is 30.6. The highest BCUT2D eigenvalue weighted by molar-refractivity contribution is 7.80. The van der Waals surface area contributed by atoms with Gasteiger partial charge in [-0.3, -0.25) is 0 Å². The van der Waals surface area contributed by atoms with Crippen LogP contribution in [0.1, 0.15) is 24.0 Å². The van der Waals surface area contributed by atoms with Crippen molar-refractivity contribution in [2.45, 2.75) is 12.8 Å². The molecule has 0 radical (unpaired) electrons. The summed E-state index contributed by atoms with van der Waals surface area (Å²) in [5, 5.41) is 11.6. The van der Waals surface area contributed by atoms with Crippen LogP contribution in [0.5, 0.6) is 11.5 Å². The molecule has 0 heterocycles. The van der Waals surface area contributed by atoms with E-state index in [1.165, 1.54) is 31.8 Å². The quantitative estimate of drug-likeness (QED) is 0.0243. The van der Waals surface area contributed by atoms with Gasteiger partial charge in [0, 0.05) is 49.3 Å². The van der Waals surface area contributed by atoms with Crippen LogP contribution in [0.25, 0.3) is 54.9 Å². The van der Waals surface area contributed by atoms with Crippen molar-refractivity contribution in [3.8, 4) is 68.6 Å². The molecule has 84 heavy (non-hydrogen) atoms. The lowest BCUT2D eigenvalue weighted by Crippen LogP contribution is -2.21. The molecule has 10 aromatic carbocycles. The van der Waals surface area contributed by atoms with Crippen molar-refractivity contribution in [1.82, 2.24) is 0 Å². The van der Waals surface area contributed by atoms with E-state index in [2.05, 4.69) is 242 Å². The molecule has 0 saturated carbocycles. The summed E-state index contributed by atoms with van der Waals surface area (Å²) < 4.78 is 45.5. The van der Waals surface area contributed by atoms with Crippen molar-refractivity contribution >= 4 is 69.2 Å². The molecule has 10 rings (SSSR count). The first-order valence-corrected chi connectivity index (χ1v) is 30.8. The zero-order chi connectivity index (χ0) is 57.7. The Balaban J connectivity index is 1.10. The largest absolute Gasteiger partial charge is 0.496 e. The minimum Gasteiger partial charge on any atom is -0.496 e. The van der Waals surface area contributed by atoms with E-state index in [0.29, 0.717) is 52.5 Å². The number of fused-ring (bicyclic) bond motifs is 2. The molecule has 0 unspecified atom stereocenters. The van der Waals surface area contributed by atoms with Crippen molar-refractivity contribution in [2.75, 3.05) is 81.7 Å². The Morgan fingerprint density at radius 2 is 0.679 bits per heavy atom. The molecule has 0 spiro atoms. The van der Waals surface area contributed by atoms with Gasteiger partial charge in [-0.2, -0.15) is 0 Å². The highest BCUT2D eigenvalue weighted by Gasteiger charge is 2.23. The number of rotatable bonds is 25. The van der Waals surface area contributed by atoms with Gasteiger partial charge in [-0.25, -0.2) is 0 Å². The Hall–Kier alpha value is -7.94. The van der Waals surface area contributed by atoms with Crippen LogP contribution >= 0.6 is 15.8 Å². The van der Waals surface area contributed by atoms with E-state index in [0.717, 1.165) is 77.6 Å². The van der Waals surface area contributed by atoms with Crippen molar-refractivity contribution in [3.05, 3.63) is 230 Å². The molecule has 8 nitrogen and oxygen atoms in total. The fraction of sp³-hybridized carbons (Fsp3) is 0.189.